The fourth-order valence-electron chi connectivity index (χ4n) is 3.96. The van der Waals surface area contributed by atoms with E-state index < -0.39 is 22.0 Å². The molecular weight excluding hydrogens is 446 g/mol. The number of hydrogen-bond acceptors (Lipinski definition) is 7. The van der Waals surface area contributed by atoms with Gasteiger partial charge in [-0.15, -0.1) is 0 Å². The number of carbonyl (C=O) groups is 1. The van der Waals surface area contributed by atoms with Crippen LogP contribution in [0.25, 0.3) is 0 Å². The summed E-state index contributed by atoms with van der Waals surface area (Å²) in [5, 5.41) is 2.85. The SMILES string of the molecule is C[C@@H](C(=O)NCc1ccc(N2CCOCC2)cc1)N(c1ccc2c(c1)OCCO2)S(C)(=O)=O. The van der Waals surface area contributed by atoms with Crippen molar-refractivity contribution in [1.29, 1.82) is 0 Å². The predicted molar refractivity (Wildman–Crippen MR) is 126 cm³/mol. The molecule has 0 radical (unpaired) electrons. The first-order valence-corrected chi connectivity index (χ1v) is 12.8. The van der Waals surface area contributed by atoms with Gasteiger partial charge in [0.15, 0.2) is 11.5 Å². The Morgan fingerprint density at radius 1 is 1.03 bits per heavy atom. The van der Waals surface area contributed by atoms with Gasteiger partial charge in [0.25, 0.3) is 0 Å². The summed E-state index contributed by atoms with van der Waals surface area (Å²) >= 11 is 0. The summed E-state index contributed by atoms with van der Waals surface area (Å²) in [5.74, 6) is 0.615. The van der Waals surface area contributed by atoms with Gasteiger partial charge in [-0.05, 0) is 36.8 Å². The van der Waals surface area contributed by atoms with Crippen LogP contribution in [0.2, 0.25) is 0 Å². The van der Waals surface area contributed by atoms with Crippen molar-refractivity contribution >= 4 is 27.3 Å². The quantitative estimate of drug-likeness (QED) is 0.652. The number of anilines is 2. The molecule has 0 aromatic heterocycles. The standard InChI is InChI=1S/C23H29N3O6S/c1-17(26(33(2,28)29)20-7-8-21-22(15-20)32-14-13-31-21)23(27)24-16-18-3-5-19(6-4-18)25-9-11-30-12-10-25/h3-8,15,17H,9-14,16H2,1-2H3,(H,24,27)/t17-/m0/s1. The van der Waals surface area contributed by atoms with Gasteiger partial charge in [-0.25, -0.2) is 8.42 Å². The number of sulfonamides is 1. The molecule has 0 bridgehead atoms. The number of morpholine rings is 1. The number of rotatable bonds is 7. The normalized spacial score (nSPS) is 16.7. The summed E-state index contributed by atoms with van der Waals surface area (Å²) in [6, 6.07) is 11.9. The highest BCUT2D eigenvalue weighted by Crippen LogP contribution is 2.35. The van der Waals surface area contributed by atoms with E-state index in [9.17, 15) is 13.2 Å². The Kier molecular flexibility index (Phi) is 6.94. The van der Waals surface area contributed by atoms with E-state index >= 15 is 0 Å². The van der Waals surface area contributed by atoms with Gasteiger partial charge in [-0.1, -0.05) is 12.1 Å². The predicted octanol–water partition coefficient (Wildman–Crippen LogP) is 1.77. The molecular formula is C23H29N3O6S. The Morgan fingerprint density at radius 2 is 1.70 bits per heavy atom. The minimum Gasteiger partial charge on any atom is -0.486 e. The van der Waals surface area contributed by atoms with E-state index in [0.717, 1.165) is 48.1 Å². The topological polar surface area (TPSA) is 97.4 Å². The van der Waals surface area contributed by atoms with Gasteiger partial charge in [-0.3, -0.25) is 9.10 Å². The van der Waals surface area contributed by atoms with Crippen molar-refractivity contribution < 1.29 is 27.4 Å². The van der Waals surface area contributed by atoms with Crippen molar-refractivity contribution in [3.63, 3.8) is 0 Å². The van der Waals surface area contributed by atoms with Crippen LogP contribution in [0, 0.1) is 0 Å². The molecule has 178 valence electrons. The van der Waals surface area contributed by atoms with Crippen molar-refractivity contribution in [3.05, 3.63) is 48.0 Å². The van der Waals surface area contributed by atoms with Gasteiger partial charge in [0.05, 0.1) is 25.2 Å². The molecule has 4 rings (SSSR count). The van der Waals surface area contributed by atoms with Crippen LogP contribution < -0.4 is 24.0 Å². The third-order valence-electron chi connectivity index (χ3n) is 5.65. The molecule has 0 spiro atoms. The summed E-state index contributed by atoms with van der Waals surface area (Å²) in [6.45, 7) is 5.83. The number of amides is 1. The average molecular weight is 476 g/mol. The van der Waals surface area contributed by atoms with Crippen LogP contribution in [-0.2, 0) is 26.1 Å². The summed E-state index contributed by atoms with van der Waals surface area (Å²) in [6.07, 6.45) is 1.08. The van der Waals surface area contributed by atoms with E-state index in [1.807, 2.05) is 24.3 Å². The van der Waals surface area contributed by atoms with E-state index in [1.165, 1.54) is 0 Å². The highest BCUT2D eigenvalue weighted by atomic mass is 32.2. The number of fused-ring (bicyclic) bond motifs is 1. The van der Waals surface area contributed by atoms with Crippen LogP contribution in [0.3, 0.4) is 0 Å². The van der Waals surface area contributed by atoms with Crippen LogP contribution >= 0.6 is 0 Å². The van der Waals surface area contributed by atoms with Gasteiger partial charge in [0.2, 0.25) is 15.9 Å². The first kappa shape index (κ1) is 23.2. The maximum Gasteiger partial charge on any atom is 0.243 e. The van der Waals surface area contributed by atoms with Crippen LogP contribution in [-0.4, -0.2) is 66.1 Å². The number of benzene rings is 2. The Balaban J connectivity index is 1.43. The van der Waals surface area contributed by atoms with Gasteiger partial charge in [0, 0.05) is 31.4 Å². The van der Waals surface area contributed by atoms with Crippen molar-refractivity contribution in [3.8, 4) is 11.5 Å². The summed E-state index contributed by atoms with van der Waals surface area (Å²) in [5.41, 5.74) is 2.39. The fourth-order valence-corrected chi connectivity index (χ4v) is 5.13. The Labute approximate surface area is 194 Å². The molecule has 0 saturated carbocycles. The lowest BCUT2D eigenvalue weighted by Gasteiger charge is -2.29. The molecule has 1 saturated heterocycles. The van der Waals surface area contributed by atoms with Crippen molar-refractivity contribution in [2.45, 2.75) is 19.5 Å². The molecule has 10 heteroatoms. The highest BCUT2D eigenvalue weighted by Gasteiger charge is 2.30. The van der Waals surface area contributed by atoms with Crippen molar-refractivity contribution in [1.82, 2.24) is 5.32 Å². The zero-order chi connectivity index (χ0) is 23.4. The minimum atomic E-state index is -3.73. The van der Waals surface area contributed by atoms with Gasteiger partial charge in [0.1, 0.15) is 19.3 Å². The summed E-state index contributed by atoms with van der Waals surface area (Å²) in [7, 11) is -3.73. The highest BCUT2D eigenvalue weighted by molar-refractivity contribution is 7.92. The molecule has 2 aromatic carbocycles. The third kappa shape index (κ3) is 5.51. The van der Waals surface area contributed by atoms with E-state index in [1.54, 1.807) is 25.1 Å². The molecule has 9 nitrogen and oxygen atoms in total. The number of ether oxygens (including phenoxy) is 3. The van der Waals surface area contributed by atoms with E-state index in [-0.39, 0.29) is 0 Å². The second kappa shape index (κ2) is 9.88. The second-order valence-corrected chi connectivity index (χ2v) is 9.91. The third-order valence-corrected chi connectivity index (χ3v) is 6.89. The molecule has 2 aliphatic heterocycles. The van der Waals surface area contributed by atoms with Gasteiger partial charge < -0.3 is 24.4 Å². The molecule has 2 aromatic rings. The number of hydrogen-bond donors (Lipinski definition) is 1. The lowest BCUT2D eigenvalue weighted by molar-refractivity contribution is -0.122. The molecule has 2 heterocycles. The number of carbonyl (C=O) groups excluding carboxylic acids is 1. The van der Waals surface area contributed by atoms with E-state index in [2.05, 4.69) is 10.2 Å². The molecule has 1 amide bonds. The summed E-state index contributed by atoms with van der Waals surface area (Å²) < 4.78 is 42.7. The molecule has 1 atom stereocenters. The van der Waals surface area contributed by atoms with Crippen molar-refractivity contribution in [2.75, 3.05) is 55.0 Å². The maximum absolute atomic E-state index is 12.9. The Morgan fingerprint density at radius 3 is 2.36 bits per heavy atom. The second-order valence-electron chi connectivity index (χ2n) is 8.05. The van der Waals surface area contributed by atoms with Crippen LogP contribution in [0.5, 0.6) is 11.5 Å². The first-order valence-electron chi connectivity index (χ1n) is 10.9. The zero-order valence-corrected chi connectivity index (χ0v) is 19.6. The molecule has 1 fully saturated rings. The first-order chi connectivity index (χ1) is 15.8. The molecule has 0 unspecified atom stereocenters. The Hall–Kier alpha value is -2.98. The molecule has 2 aliphatic rings. The average Bonchev–Trinajstić information content (AvgIpc) is 2.82. The molecule has 33 heavy (non-hydrogen) atoms. The van der Waals surface area contributed by atoms with Crippen molar-refractivity contribution in [2.24, 2.45) is 0 Å². The van der Waals surface area contributed by atoms with Crippen LogP contribution in [0.15, 0.2) is 42.5 Å². The smallest absolute Gasteiger partial charge is 0.243 e. The van der Waals surface area contributed by atoms with Gasteiger partial charge >= 0.3 is 0 Å². The van der Waals surface area contributed by atoms with E-state index in [4.69, 9.17) is 14.2 Å². The molecule has 0 aliphatic carbocycles. The van der Waals surface area contributed by atoms with Gasteiger partial charge in [-0.2, -0.15) is 0 Å². The lowest BCUT2D eigenvalue weighted by Crippen LogP contribution is -2.47. The minimum absolute atomic E-state index is 0.297. The zero-order valence-electron chi connectivity index (χ0n) is 18.8. The number of nitrogens with zero attached hydrogens (tertiary/aromatic N) is 2. The van der Waals surface area contributed by atoms with E-state index in [0.29, 0.717) is 36.9 Å². The monoisotopic (exact) mass is 475 g/mol. The lowest BCUT2D eigenvalue weighted by atomic mass is 10.1. The molecule has 1 N–H and O–H groups in total. The fraction of sp³-hybridized carbons (Fsp3) is 0.435. The van der Waals surface area contributed by atoms with Crippen LogP contribution in [0.1, 0.15) is 12.5 Å². The maximum atomic E-state index is 12.9. The largest absolute Gasteiger partial charge is 0.486 e. The number of nitrogens with one attached hydrogen (secondary N) is 1. The van der Waals surface area contributed by atoms with Crippen LogP contribution in [0.4, 0.5) is 11.4 Å². The summed E-state index contributed by atoms with van der Waals surface area (Å²) in [4.78, 5) is 15.1. The Bertz CT molecular complexity index is 1080.